The van der Waals surface area contributed by atoms with E-state index in [0.29, 0.717) is 29.9 Å². The van der Waals surface area contributed by atoms with Crippen molar-refractivity contribution in [2.45, 2.75) is 57.7 Å². The van der Waals surface area contributed by atoms with E-state index in [1.54, 1.807) is 37.8 Å². The number of likely N-dealkylation sites (tertiary alicyclic amines) is 1. The molecular formula is C33H37N5O4. The lowest BCUT2D eigenvalue weighted by Gasteiger charge is -2.37. The van der Waals surface area contributed by atoms with Crippen LogP contribution in [0.2, 0.25) is 0 Å². The second kappa shape index (κ2) is 12.0. The molecule has 0 bridgehead atoms. The average molecular weight is 568 g/mol. The molecule has 9 nitrogen and oxygen atoms in total. The number of carbonyl (C=O) groups is 3. The molecule has 0 unspecified atom stereocenters. The molecular weight excluding hydrogens is 530 g/mol. The number of aromatic nitrogens is 1. The van der Waals surface area contributed by atoms with E-state index in [2.05, 4.69) is 15.6 Å². The Labute approximate surface area is 245 Å². The predicted molar refractivity (Wildman–Crippen MR) is 165 cm³/mol. The molecule has 2 heterocycles. The summed E-state index contributed by atoms with van der Waals surface area (Å²) in [5, 5.41) is 6.71. The first-order valence-electron chi connectivity index (χ1n) is 14.2. The van der Waals surface area contributed by atoms with Crippen LogP contribution in [0.15, 0.2) is 78.9 Å². The van der Waals surface area contributed by atoms with Crippen molar-refractivity contribution < 1.29 is 19.1 Å². The number of nitrogens with two attached hydrogens (primary N) is 1. The SMILES string of the molecule is CC(C)(C)OC(=O)N[C@@H](C(=O)N1CCCC[C@H]1C(=O)Nc1ccc2[nH]c(-c3ccc(N)cc3)cc2c1)c1ccccc1. The Bertz CT molecular complexity index is 1570. The normalized spacial score (nSPS) is 16.1. The summed E-state index contributed by atoms with van der Waals surface area (Å²) in [7, 11) is 0. The Kier molecular flexibility index (Phi) is 8.20. The third-order valence-corrected chi connectivity index (χ3v) is 7.24. The molecule has 0 spiro atoms. The average Bonchev–Trinajstić information content (AvgIpc) is 3.39. The van der Waals surface area contributed by atoms with Gasteiger partial charge in [-0.1, -0.05) is 42.5 Å². The molecule has 3 aromatic carbocycles. The number of nitrogen functional groups attached to an aromatic ring is 1. The van der Waals surface area contributed by atoms with Crippen LogP contribution < -0.4 is 16.4 Å². The number of benzene rings is 3. The summed E-state index contributed by atoms with van der Waals surface area (Å²) < 4.78 is 5.44. The second-order valence-electron chi connectivity index (χ2n) is 11.6. The van der Waals surface area contributed by atoms with Gasteiger partial charge in [0.1, 0.15) is 17.7 Å². The second-order valence-corrected chi connectivity index (χ2v) is 11.6. The van der Waals surface area contributed by atoms with Crippen molar-refractivity contribution in [1.29, 1.82) is 0 Å². The number of H-pyrrole nitrogens is 1. The molecule has 42 heavy (non-hydrogen) atoms. The largest absolute Gasteiger partial charge is 0.444 e. The van der Waals surface area contributed by atoms with E-state index in [9.17, 15) is 14.4 Å². The van der Waals surface area contributed by atoms with E-state index in [0.717, 1.165) is 35.0 Å². The summed E-state index contributed by atoms with van der Waals surface area (Å²) in [6, 6.07) is 22.7. The first-order valence-corrected chi connectivity index (χ1v) is 14.2. The van der Waals surface area contributed by atoms with Crippen molar-refractivity contribution >= 4 is 40.2 Å². The first kappa shape index (κ1) is 28.7. The summed E-state index contributed by atoms with van der Waals surface area (Å²) >= 11 is 0. The fourth-order valence-corrected chi connectivity index (χ4v) is 5.25. The van der Waals surface area contributed by atoms with E-state index in [1.165, 1.54) is 0 Å². The Morgan fingerprint density at radius 2 is 1.71 bits per heavy atom. The van der Waals surface area contributed by atoms with Crippen LogP contribution in [0.25, 0.3) is 22.2 Å². The number of piperidine rings is 1. The smallest absolute Gasteiger partial charge is 0.408 e. The van der Waals surface area contributed by atoms with Gasteiger partial charge >= 0.3 is 6.09 Å². The third-order valence-electron chi connectivity index (χ3n) is 7.24. The number of aromatic amines is 1. The van der Waals surface area contributed by atoms with Crippen molar-refractivity contribution in [3.63, 3.8) is 0 Å². The zero-order valence-corrected chi connectivity index (χ0v) is 24.1. The third kappa shape index (κ3) is 6.74. The molecule has 5 rings (SSSR count). The van der Waals surface area contributed by atoms with Crippen molar-refractivity contribution in [3.8, 4) is 11.3 Å². The molecule has 1 aromatic heterocycles. The molecule has 4 aromatic rings. The first-order chi connectivity index (χ1) is 20.1. The molecule has 0 saturated carbocycles. The molecule has 1 aliphatic rings. The van der Waals surface area contributed by atoms with E-state index < -0.39 is 23.8 Å². The van der Waals surface area contributed by atoms with Crippen molar-refractivity contribution in [2.75, 3.05) is 17.6 Å². The van der Waals surface area contributed by atoms with Gasteiger partial charge in [-0.3, -0.25) is 9.59 Å². The summed E-state index contributed by atoms with van der Waals surface area (Å²) in [4.78, 5) is 45.3. The zero-order chi connectivity index (χ0) is 29.9. The number of ether oxygens (including phenoxy) is 1. The van der Waals surface area contributed by atoms with Gasteiger partial charge in [-0.05, 0) is 87.6 Å². The van der Waals surface area contributed by atoms with Crippen LogP contribution in [0.4, 0.5) is 16.2 Å². The molecule has 218 valence electrons. The van der Waals surface area contributed by atoms with Gasteiger partial charge in [-0.15, -0.1) is 0 Å². The molecule has 2 atom stereocenters. The minimum absolute atomic E-state index is 0.263. The van der Waals surface area contributed by atoms with Gasteiger partial charge < -0.3 is 31.0 Å². The monoisotopic (exact) mass is 567 g/mol. The number of rotatable bonds is 6. The maximum absolute atomic E-state index is 14.0. The Balaban J connectivity index is 1.35. The highest BCUT2D eigenvalue weighted by Gasteiger charge is 2.37. The highest BCUT2D eigenvalue weighted by atomic mass is 16.6. The summed E-state index contributed by atoms with van der Waals surface area (Å²) in [5.41, 5.74) is 9.95. The summed E-state index contributed by atoms with van der Waals surface area (Å²) in [6.45, 7) is 5.71. The van der Waals surface area contributed by atoms with Crippen molar-refractivity contribution in [2.24, 2.45) is 0 Å². The number of nitrogens with one attached hydrogen (secondary N) is 3. The highest BCUT2D eigenvalue weighted by molar-refractivity contribution is 6.00. The van der Waals surface area contributed by atoms with Crippen LogP contribution in [0.1, 0.15) is 51.6 Å². The van der Waals surface area contributed by atoms with Gasteiger partial charge in [0.15, 0.2) is 0 Å². The zero-order valence-electron chi connectivity index (χ0n) is 24.1. The minimum Gasteiger partial charge on any atom is -0.444 e. The lowest BCUT2D eigenvalue weighted by atomic mass is 9.98. The Hall–Kier alpha value is -4.79. The number of amides is 3. The van der Waals surface area contributed by atoms with E-state index in [4.69, 9.17) is 10.5 Å². The molecule has 1 aliphatic heterocycles. The number of hydrogen-bond acceptors (Lipinski definition) is 5. The van der Waals surface area contributed by atoms with E-state index in [-0.39, 0.29) is 11.8 Å². The van der Waals surface area contributed by atoms with Crippen LogP contribution in [0.5, 0.6) is 0 Å². The van der Waals surface area contributed by atoms with Crippen LogP contribution in [0, 0.1) is 0 Å². The number of fused-ring (bicyclic) bond motifs is 1. The van der Waals surface area contributed by atoms with Gasteiger partial charge in [0.25, 0.3) is 5.91 Å². The van der Waals surface area contributed by atoms with E-state index in [1.807, 2.05) is 66.7 Å². The molecule has 0 radical (unpaired) electrons. The molecule has 9 heteroatoms. The van der Waals surface area contributed by atoms with Gasteiger partial charge in [0.2, 0.25) is 5.91 Å². The maximum Gasteiger partial charge on any atom is 0.408 e. The quantitative estimate of drug-likeness (QED) is 0.212. The van der Waals surface area contributed by atoms with Gasteiger partial charge in [-0.25, -0.2) is 4.79 Å². The standard InChI is InChI=1S/C33H37N5O4/c1-33(2,3)42-32(41)37-29(22-9-5-4-6-10-22)31(40)38-18-8-7-11-28(38)30(39)35-25-16-17-26-23(19-25)20-27(36-26)21-12-14-24(34)15-13-21/h4-6,9-10,12-17,19-20,28-29,36H,7-8,11,18,34H2,1-3H3,(H,35,39)(H,37,41)/t28-,29+/m0/s1. The number of carbonyl (C=O) groups excluding carboxylic acids is 3. The number of anilines is 2. The Morgan fingerprint density at radius 1 is 0.976 bits per heavy atom. The van der Waals surface area contributed by atoms with Gasteiger partial charge in [0.05, 0.1) is 0 Å². The Morgan fingerprint density at radius 3 is 2.43 bits per heavy atom. The molecule has 1 saturated heterocycles. The molecule has 0 aliphatic carbocycles. The molecule has 1 fully saturated rings. The highest BCUT2D eigenvalue weighted by Crippen LogP contribution is 2.28. The van der Waals surface area contributed by atoms with Crippen LogP contribution in [0.3, 0.4) is 0 Å². The fourth-order valence-electron chi connectivity index (χ4n) is 5.25. The van der Waals surface area contributed by atoms with Crippen molar-refractivity contribution in [1.82, 2.24) is 15.2 Å². The van der Waals surface area contributed by atoms with Gasteiger partial charge in [-0.2, -0.15) is 0 Å². The van der Waals surface area contributed by atoms with Crippen LogP contribution in [-0.2, 0) is 14.3 Å². The lowest BCUT2D eigenvalue weighted by molar-refractivity contribution is -0.142. The molecule has 3 amide bonds. The minimum atomic E-state index is -0.989. The van der Waals surface area contributed by atoms with Crippen LogP contribution >= 0.6 is 0 Å². The maximum atomic E-state index is 14.0. The topological polar surface area (TPSA) is 130 Å². The fraction of sp³-hybridized carbons (Fsp3) is 0.303. The summed E-state index contributed by atoms with van der Waals surface area (Å²) in [5.74, 6) is -0.609. The number of hydrogen-bond donors (Lipinski definition) is 4. The number of alkyl carbamates (subject to hydrolysis) is 1. The predicted octanol–water partition coefficient (Wildman–Crippen LogP) is 6.00. The molecule has 5 N–H and O–H groups in total. The van der Waals surface area contributed by atoms with Crippen molar-refractivity contribution in [3.05, 3.63) is 84.4 Å². The van der Waals surface area contributed by atoms with E-state index >= 15 is 0 Å². The summed E-state index contributed by atoms with van der Waals surface area (Å²) in [6.07, 6.45) is 1.42. The lowest BCUT2D eigenvalue weighted by Crippen LogP contribution is -2.53. The van der Waals surface area contributed by atoms with Gasteiger partial charge in [0, 0.05) is 34.5 Å². The van der Waals surface area contributed by atoms with Crippen LogP contribution in [-0.4, -0.2) is 46.0 Å². The number of nitrogens with zero attached hydrogens (tertiary/aromatic N) is 1.